The lowest BCUT2D eigenvalue weighted by Crippen LogP contribution is -2.39. The van der Waals surface area contributed by atoms with E-state index in [0.29, 0.717) is 11.5 Å². The number of benzene rings is 1. The molecule has 0 aliphatic carbocycles. The van der Waals surface area contributed by atoms with Crippen LogP contribution in [0, 0.1) is 5.92 Å². The number of unbranched alkanes of at least 4 members (excludes halogenated alkanes) is 1. The smallest absolute Gasteiger partial charge is 0.254 e. The van der Waals surface area contributed by atoms with Gasteiger partial charge in [0, 0.05) is 12.7 Å². The Morgan fingerprint density at radius 3 is 2.72 bits per heavy atom. The highest BCUT2D eigenvalue weighted by atomic mass is 16.1. The molecule has 0 radical (unpaired) electrons. The van der Waals surface area contributed by atoms with Crippen molar-refractivity contribution in [3.8, 4) is 0 Å². The van der Waals surface area contributed by atoms with Crippen LogP contribution in [0.25, 0.3) is 0 Å². The lowest BCUT2D eigenvalue weighted by atomic mass is 9.96. The monoisotopic (exact) mass is 340 g/mol. The molecule has 1 aliphatic heterocycles. The standard InChI is InChI=1S/C20H28N4O/c25-20(19-15-22-23-16-19)21-14-18-9-12-24(13-10-18)11-5-4-8-17-6-2-1-3-7-17/h1-3,6-7,15-16,18H,4-5,8-14H2,(H,21,25)(H,22,23). The van der Waals surface area contributed by atoms with E-state index in [-0.39, 0.29) is 5.91 Å². The van der Waals surface area contributed by atoms with Gasteiger partial charge in [-0.25, -0.2) is 0 Å². The maximum Gasteiger partial charge on any atom is 0.254 e. The maximum absolute atomic E-state index is 11.9. The first-order chi connectivity index (χ1) is 12.3. The van der Waals surface area contributed by atoms with Gasteiger partial charge in [0.2, 0.25) is 0 Å². The molecule has 2 N–H and O–H groups in total. The average Bonchev–Trinajstić information content (AvgIpc) is 3.20. The van der Waals surface area contributed by atoms with E-state index in [0.717, 1.165) is 19.6 Å². The van der Waals surface area contributed by atoms with Gasteiger partial charge < -0.3 is 10.2 Å². The zero-order valence-corrected chi connectivity index (χ0v) is 14.8. The lowest BCUT2D eigenvalue weighted by Gasteiger charge is -2.32. The van der Waals surface area contributed by atoms with Gasteiger partial charge >= 0.3 is 0 Å². The predicted octanol–water partition coefficient (Wildman–Crippen LogP) is 2.87. The highest BCUT2D eigenvalue weighted by molar-refractivity contribution is 5.93. The Labute approximate surface area is 149 Å². The number of likely N-dealkylation sites (tertiary alicyclic amines) is 1. The van der Waals surface area contributed by atoms with Gasteiger partial charge in [-0.05, 0) is 63.2 Å². The summed E-state index contributed by atoms with van der Waals surface area (Å²) in [5.74, 6) is 0.563. The normalized spacial score (nSPS) is 16.0. The summed E-state index contributed by atoms with van der Waals surface area (Å²) in [6.45, 7) is 4.27. The Morgan fingerprint density at radius 2 is 2.00 bits per heavy atom. The minimum Gasteiger partial charge on any atom is -0.352 e. The van der Waals surface area contributed by atoms with Crippen molar-refractivity contribution in [3.05, 3.63) is 53.9 Å². The third kappa shape index (κ3) is 5.71. The molecular weight excluding hydrogens is 312 g/mol. The number of nitrogens with zero attached hydrogens (tertiary/aromatic N) is 2. The second kappa shape index (κ2) is 9.37. The molecule has 0 atom stereocenters. The summed E-state index contributed by atoms with van der Waals surface area (Å²) in [5.41, 5.74) is 2.05. The fraction of sp³-hybridized carbons (Fsp3) is 0.500. The third-order valence-corrected chi connectivity index (χ3v) is 5.05. The molecule has 2 aromatic rings. The number of piperidine rings is 1. The van der Waals surface area contributed by atoms with Crippen LogP contribution in [0.4, 0.5) is 0 Å². The molecule has 1 aromatic heterocycles. The van der Waals surface area contributed by atoms with Gasteiger partial charge in [0.15, 0.2) is 0 Å². The fourth-order valence-electron chi connectivity index (χ4n) is 3.44. The van der Waals surface area contributed by atoms with Gasteiger partial charge in [0.25, 0.3) is 5.91 Å². The number of H-pyrrole nitrogens is 1. The van der Waals surface area contributed by atoms with Crippen LogP contribution in [-0.4, -0.2) is 47.2 Å². The van der Waals surface area contributed by atoms with Crippen molar-refractivity contribution in [2.45, 2.75) is 32.1 Å². The molecule has 5 nitrogen and oxygen atoms in total. The molecule has 0 unspecified atom stereocenters. The second-order valence-electron chi connectivity index (χ2n) is 6.92. The molecule has 134 valence electrons. The molecular formula is C20H28N4O. The number of aromatic amines is 1. The lowest BCUT2D eigenvalue weighted by molar-refractivity contribution is 0.0936. The third-order valence-electron chi connectivity index (χ3n) is 5.05. The second-order valence-corrected chi connectivity index (χ2v) is 6.92. The maximum atomic E-state index is 11.9. The van der Waals surface area contributed by atoms with E-state index in [1.165, 1.54) is 44.2 Å². The fourth-order valence-corrected chi connectivity index (χ4v) is 3.44. The first kappa shape index (κ1) is 17.7. The highest BCUT2D eigenvalue weighted by Crippen LogP contribution is 2.17. The number of aryl methyl sites for hydroxylation is 1. The van der Waals surface area contributed by atoms with Crippen molar-refractivity contribution >= 4 is 5.91 Å². The number of carbonyl (C=O) groups is 1. The SMILES string of the molecule is O=C(NCC1CCN(CCCCc2ccccc2)CC1)c1cn[nH]c1. The minimum absolute atomic E-state index is 0.0305. The molecule has 1 aromatic carbocycles. The zero-order valence-electron chi connectivity index (χ0n) is 14.8. The van der Waals surface area contributed by atoms with Crippen LogP contribution in [0.1, 0.15) is 41.6 Å². The van der Waals surface area contributed by atoms with E-state index < -0.39 is 0 Å². The van der Waals surface area contributed by atoms with Gasteiger partial charge in [-0.2, -0.15) is 5.10 Å². The van der Waals surface area contributed by atoms with Crippen LogP contribution in [0.15, 0.2) is 42.7 Å². The van der Waals surface area contributed by atoms with Crippen LogP contribution in [-0.2, 0) is 6.42 Å². The van der Waals surface area contributed by atoms with Crippen LogP contribution in [0.2, 0.25) is 0 Å². The Morgan fingerprint density at radius 1 is 1.20 bits per heavy atom. The first-order valence-electron chi connectivity index (χ1n) is 9.34. The van der Waals surface area contributed by atoms with Crippen molar-refractivity contribution in [1.82, 2.24) is 20.4 Å². The number of carbonyl (C=O) groups excluding carboxylic acids is 1. The predicted molar refractivity (Wildman–Crippen MR) is 99.5 cm³/mol. The van der Waals surface area contributed by atoms with Crippen molar-refractivity contribution in [2.24, 2.45) is 5.92 Å². The number of aromatic nitrogens is 2. The summed E-state index contributed by atoms with van der Waals surface area (Å²) >= 11 is 0. The minimum atomic E-state index is -0.0305. The number of amides is 1. The van der Waals surface area contributed by atoms with Crippen molar-refractivity contribution in [2.75, 3.05) is 26.2 Å². The van der Waals surface area contributed by atoms with Crippen molar-refractivity contribution in [3.63, 3.8) is 0 Å². The van der Waals surface area contributed by atoms with E-state index in [1.807, 2.05) is 0 Å². The Hall–Kier alpha value is -2.14. The Bertz CT molecular complexity index is 618. The quantitative estimate of drug-likeness (QED) is 0.727. The first-order valence-corrected chi connectivity index (χ1v) is 9.34. The van der Waals surface area contributed by atoms with Crippen LogP contribution >= 0.6 is 0 Å². The van der Waals surface area contributed by atoms with E-state index in [4.69, 9.17) is 0 Å². The Kier molecular flexibility index (Phi) is 6.63. The van der Waals surface area contributed by atoms with Crippen molar-refractivity contribution in [1.29, 1.82) is 0 Å². The van der Waals surface area contributed by atoms with Crippen molar-refractivity contribution < 1.29 is 4.79 Å². The summed E-state index contributed by atoms with van der Waals surface area (Å²) in [5, 5.41) is 9.50. The number of nitrogens with one attached hydrogen (secondary N) is 2. The summed E-state index contributed by atoms with van der Waals surface area (Å²) in [6, 6.07) is 10.7. The van der Waals surface area contributed by atoms with E-state index >= 15 is 0 Å². The molecule has 3 rings (SSSR count). The molecule has 5 heteroatoms. The van der Waals surface area contributed by atoms with Crippen LogP contribution in [0.3, 0.4) is 0 Å². The summed E-state index contributed by atoms with van der Waals surface area (Å²) in [7, 11) is 0. The molecule has 1 amide bonds. The molecule has 2 heterocycles. The number of rotatable bonds is 8. The zero-order chi connectivity index (χ0) is 17.3. The van der Waals surface area contributed by atoms with E-state index in [9.17, 15) is 4.79 Å². The summed E-state index contributed by atoms with van der Waals surface area (Å²) in [4.78, 5) is 14.5. The van der Waals surface area contributed by atoms with Gasteiger partial charge in [-0.1, -0.05) is 30.3 Å². The molecule has 0 bridgehead atoms. The summed E-state index contributed by atoms with van der Waals surface area (Å²) < 4.78 is 0. The van der Waals surface area contributed by atoms with Gasteiger partial charge in [0.05, 0.1) is 11.8 Å². The molecule has 0 spiro atoms. The highest BCUT2D eigenvalue weighted by Gasteiger charge is 2.19. The van der Waals surface area contributed by atoms with Gasteiger partial charge in [-0.3, -0.25) is 9.89 Å². The van der Waals surface area contributed by atoms with Gasteiger partial charge in [-0.15, -0.1) is 0 Å². The Balaban J connectivity index is 1.26. The topological polar surface area (TPSA) is 61.0 Å². The molecule has 1 saturated heterocycles. The molecule has 1 fully saturated rings. The van der Waals surface area contributed by atoms with Crippen LogP contribution in [0.5, 0.6) is 0 Å². The van der Waals surface area contributed by atoms with E-state index in [2.05, 4.69) is 50.7 Å². The number of hydrogen-bond donors (Lipinski definition) is 2. The molecule has 1 aliphatic rings. The number of hydrogen-bond acceptors (Lipinski definition) is 3. The summed E-state index contributed by atoms with van der Waals surface area (Å²) in [6.07, 6.45) is 9.23. The van der Waals surface area contributed by atoms with E-state index in [1.54, 1.807) is 12.4 Å². The van der Waals surface area contributed by atoms with Crippen LogP contribution < -0.4 is 5.32 Å². The van der Waals surface area contributed by atoms with Gasteiger partial charge in [0.1, 0.15) is 0 Å². The molecule has 25 heavy (non-hydrogen) atoms. The largest absolute Gasteiger partial charge is 0.352 e. The molecule has 0 saturated carbocycles. The average molecular weight is 340 g/mol.